The molecule has 0 radical (unpaired) electrons. The molecular weight excluding hydrogens is 258 g/mol. The van der Waals surface area contributed by atoms with E-state index in [2.05, 4.69) is 54.0 Å². The fourth-order valence-electron chi connectivity index (χ4n) is 3.77. The van der Waals surface area contributed by atoms with Gasteiger partial charge >= 0.3 is 0 Å². The van der Waals surface area contributed by atoms with Crippen LogP contribution in [0.2, 0.25) is 0 Å². The molecule has 21 heavy (non-hydrogen) atoms. The Labute approximate surface area is 125 Å². The van der Waals surface area contributed by atoms with Gasteiger partial charge in [-0.1, -0.05) is 30.2 Å². The highest BCUT2D eigenvalue weighted by Crippen LogP contribution is 2.48. The van der Waals surface area contributed by atoms with Crippen LogP contribution in [0.15, 0.2) is 36.0 Å². The summed E-state index contributed by atoms with van der Waals surface area (Å²) in [5.74, 6) is 0. The maximum atomic E-state index is 6.35. The van der Waals surface area contributed by atoms with Crippen molar-refractivity contribution in [3.8, 4) is 5.69 Å². The van der Waals surface area contributed by atoms with Gasteiger partial charge < -0.3 is 5.73 Å². The molecule has 2 aliphatic carbocycles. The van der Waals surface area contributed by atoms with Crippen LogP contribution in [0, 0.1) is 12.3 Å². The molecule has 3 nitrogen and oxygen atoms in total. The summed E-state index contributed by atoms with van der Waals surface area (Å²) in [6.07, 6.45) is 7.58. The molecule has 2 aromatic rings. The van der Waals surface area contributed by atoms with E-state index in [1.807, 2.05) is 6.20 Å². The third kappa shape index (κ3) is 1.80. The molecule has 0 aliphatic heterocycles. The molecule has 2 aliphatic rings. The second kappa shape index (κ2) is 4.31. The molecule has 0 amide bonds. The quantitative estimate of drug-likeness (QED) is 0.871. The van der Waals surface area contributed by atoms with Crippen molar-refractivity contribution < 1.29 is 0 Å². The number of benzene rings is 1. The Hall–Kier alpha value is -1.87. The molecule has 4 rings (SSSR count). The predicted molar refractivity (Wildman–Crippen MR) is 85.3 cm³/mol. The minimum atomic E-state index is 0.133. The number of nitrogens with zero attached hydrogens (tertiary/aromatic N) is 2. The van der Waals surface area contributed by atoms with Gasteiger partial charge in [-0.05, 0) is 50.0 Å². The fourth-order valence-corrected chi connectivity index (χ4v) is 3.77. The second-order valence-electron chi connectivity index (χ2n) is 6.71. The van der Waals surface area contributed by atoms with Crippen LogP contribution in [0.25, 0.3) is 11.8 Å². The summed E-state index contributed by atoms with van der Waals surface area (Å²) < 4.78 is 2.06. The highest BCUT2D eigenvalue weighted by atomic mass is 15.3. The molecule has 1 aromatic carbocycles. The zero-order valence-electron chi connectivity index (χ0n) is 12.6. The van der Waals surface area contributed by atoms with Crippen molar-refractivity contribution in [3.63, 3.8) is 0 Å². The van der Waals surface area contributed by atoms with E-state index < -0.39 is 0 Å². The van der Waals surface area contributed by atoms with E-state index in [1.54, 1.807) is 0 Å². The predicted octanol–water partition coefficient (Wildman–Crippen LogP) is 3.25. The van der Waals surface area contributed by atoms with E-state index in [0.29, 0.717) is 0 Å². The minimum Gasteiger partial charge on any atom is -0.327 e. The highest BCUT2D eigenvalue weighted by molar-refractivity contribution is 5.62. The van der Waals surface area contributed by atoms with E-state index in [1.165, 1.54) is 22.4 Å². The summed E-state index contributed by atoms with van der Waals surface area (Å²) in [4.78, 5) is 0. The number of nitrogens with two attached hydrogens (primary N) is 1. The highest BCUT2D eigenvalue weighted by Gasteiger charge is 2.43. The molecule has 2 atom stereocenters. The van der Waals surface area contributed by atoms with Gasteiger partial charge in [-0.3, -0.25) is 0 Å². The van der Waals surface area contributed by atoms with Crippen LogP contribution in [-0.4, -0.2) is 15.8 Å². The summed E-state index contributed by atoms with van der Waals surface area (Å²) in [5.41, 5.74) is 12.9. The molecule has 1 fully saturated rings. The van der Waals surface area contributed by atoms with Crippen molar-refractivity contribution in [2.75, 3.05) is 0 Å². The van der Waals surface area contributed by atoms with Crippen LogP contribution in [0.5, 0.6) is 0 Å². The fraction of sp³-hybridized carbons (Fsp3) is 0.389. The van der Waals surface area contributed by atoms with Crippen molar-refractivity contribution in [3.05, 3.63) is 52.9 Å². The van der Waals surface area contributed by atoms with Gasteiger partial charge in [-0.2, -0.15) is 5.10 Å². The number of hydrogen-bond donors (Lipinski definition) is 1. The maximum absolute atomic E-state index is 6.35. The zero-order chi connectivity index (χ0) is 14.6. The van der Waals surface area contributed by atoms with Gasteiger partial charge in [0.15, 0.2) is 0 Å². The lowest BCUT2D eigenvalue weighted by Crippen LogP contribution is -2.38. The van der Waals surface area contributed by atoms with Crippen LogP contribution in [-0.2, 0) is 6.42 Å². The molecular formula is C18H21N3. The zero-order valence-corrected chi connectivity index (χ0v) is 12.6. The molecule has 0 saturated heterocycles. The first kappa shape index (κ1) is 12.8. The SMILES string of the molecule is Cc1ccc(-n2ncc3c2C=C2CC[C@@H](N)[C@@]2(C)C3)cc1. The van der Waals surface area contributed by atoms with Gasteiger partial charge in [-0.15, -0.1) is 0 Å². The van der Waals surface area contributed by atoms with Gasteiger partial charge in [0, 0.05) is 11.5 Å². The summed E-state index contributed by atoms with van der Waals surface area (Å²) in [6.45, 7) is 4.42. The lowest BCUT2D eigenvalue weighted by molar-refractivity contribution is 0.349. The lowest BCUT2D eigenvalue weighted by atomic mass is 9.73. The first-order chi connectivity index (χ1) is 10.1. The molecule has 2 N–H and O–H groups in total. The van der Waals surface area contributed by atoms with Crippen LogP contribution in [0.3, 0.4) is 0 Å². The van der Waals surface area contributed by atoms with Gasteiger partial charge in [0.25, 0.3) is 0 Å². The third-order valence-corrected chi connectivity index (χ3v) is 5.31. The average Bonchev–Trinajstić information content (AvgIpc) is 2.99. The summed E-state index contributed by atoms with van der Waals surface area (Å²) in [5, 5.41) is 4.61. The van der Waals surface area contributed by atoms with Crippen molar-refractivity contribution in [1.29, 1.82) is 0 Å². The molecule has 1 aromatic heterocycles. The van der Waals surface area contributed by atoms with Crippen molar-refractivity contribution >= 4 is 6.08 Å². The standard InChI is InChI=1S/C18H21N3/c1-12-3-6-15(7-4-12)21-16-9-14-5-8-17(19)18(14,2)10-13(16)11-20-21/h3-4,6-7,9,11,17H,5,8,10,19H2,1-2H3/t17-,18+/m1/s1. The third-order valence-electron chi connectivity index (χ3n) is 5.31. The van der Waals surface area contributed by atoms with Crippen molar-refractivity contribution in [1.82, 2.24) is 9.78 Å². The number of aromatic nitrogens is 2. The summed E-state index contributed by atoms with van der Waals surface area (Å²) in [6, 6.07) is 8.81. The van der Waals surface area contributed by atoms with E-state index in [-0.39, 0.29) is 11.5 Å². The van der Waals surface area contributed by atoms with Gasteiger partial charge in [0.2, 0.25) is 0 Å². The van der Waals surface area contributed by atoms with Crippen LogP contribution < -0.4 is 5.73 Å². The van der Waals surface area contributed by atoms with E-state index >= 15 is 0 Å². The van der Waals surface area contributed by atoms with Crippen molar-refractivity contribution in [2.24, 2.45) is 11.1 Å². The van der Waals surface area contributed by atoms with E-state index in [0.717, 1.165) is 24.9 Å². The maximum Gasteiger partial charge on any atom is 0.0700 e. The summed E-state index contributed by atoms with van der Waals surface area (Å²) >= 11 is 0. The van der Waals surface area contributed by atoms with Gasteiger partial charge in [-0.25, -0.2) is 4.68 Å². The van der Waals surface area contributed by atoms with E-state index in [9.17, 15) is 0 Å². The molecule has 0 unspecified atom stereocenters. The number of rotatable bonds is 1. The van der Waals surface area contributed by atoms with Gasteiger partial charge in [0.05, 0.1) is 17.6 Å². The minimum absolute atomic E-state index is 0.133. The topological polar surface area (TPSA) is 43.8 Å². The van der Waals surface area contributed by atoms with E-state index in [4.69, 9.17) is 5.73 Å². The Kier molecular flexibility index (Phi) is 2.64. The second-order valence-corrected chi connectivity index (χ2v) is 6.71. The first-order valence-electron chi connectivity index (χ1n) is 7.68. The Bertz CT molecular complexity index is 723. The molecule has 0 bridgehead atoms. The monoisotopic (exact) mass is 279 g/mol. The number of aryl methyl sites for hydroxylation is 1. The largest absolute Gasteiger partial charge is 0.327 e. The Morgan fingerprint density at radius 2 is 2.05 bits per heavy atom. The number of hydrogen-bond acceptors (Lipinski definition) is 2. The Balaban J connectivity index is 1.82. The van der Waals surface area contributed by atoms with Gasteiger partial charge in [0.1, 0.15) is 0 Å². The van der Waals surface area contributed by atoms with Crippen LogP contribution >= 0.6 is 0 Å². The van der Waals surface area contributed by atoms with Crippen molar-refractivity contribution in [2.45, 2.75) is 39.2 Å². The molecule has 3 heteroatoms. The lowest BCUT2D eigenvalue weighted by Gasteiger charge is -2.33. The molecule has 1 saturated carbocycles. The molecule has 1 heterocycles. The Morgan fingerprint density at radius 1 is 1.29 bits per heavy atom. The average molecular weight is 279 g/mol. The molecule has 0 spiro atoms. The summed E-state index contributed by atoms with van der Waals surface area (Å²) in [7, 11) is 0. The Morgan fingerprint density at radius 3 is 2.81 bits per heavy atom. The smallest absolute Gasteiger partial charge is 0.0700 e. The normalized spacial score (nSPS) is 27.2. The number of fused-ring (bicyclic) bond motifs is 2. The molecule has 108 valence electrons. The first-order valence-corrected chi connectivity index (χ1v) is 7.68. The van der Waals surface area contributed by atoms with Crippen LogP contribution in [0.1, 0.15) is 36.6 Å². The van der Waals surface area contributed by atoms with Crippen LogP contribution in [0.4, 0.5) is 0 Å².